The van der Waals surface area contributed by atoms with Crippen molar-refractivity contribution in [2.24, 2.45) is 0 Å². The van der Waals surface area contributed by atoms with Crippen molar-refractivity contribution < 1.29 is 9.59 Å². The molecule has 1 aromatic heterocycles. The molecule has 2 amide bonds. The van der Waals surface area contributed by atoms with E-state index in [0.29, 0.717) is 11.4 Å². The molecule has 0 bridgehead atoms. The minimum Gasteiger partial charge on any atom is -0.323 e. The predicted molar refractivity (Wildman–Crippen MR) is 91.5 cm³/mol. The number of benzene rings is 1. The van der Waals surface area contributed by atoms with Gasteiger partial charge in [0.1, 0.15) is 6.54 Å². The van der Waals surface area contributed by atoms with E-state index in [1.54, 1.807) is 24.5 Å². The maximum atomic E-state index is 12.2. The molecule has 0 saturated heterocycles. The van der Waals surface area contributed by atoms with Crippen LogP contribution in [0.2, 0.25) is 0 Å². The number of rotatable bonds is 4. The SMILES string of the molecule is O=C(CN1C(=O)CSC=C1c1ccccc1)Nc1cccnc1. The Morgan fingerprint density at radius 2 is 2.04 bits per heavy atom. The van der Waals surface area contributed by atoms with Gasteiger partial charge in [-0.25, -0.2) is 0 Å². The number of nitrogens with one attached hydrogen (secondary N) is 1. The zero-order valence-corrected chi connectivity index (χ0v) is 13.1. The molecule has 2 heterocycles. The molecule has 0 unspecified atom stereocenters. The molecule has 23 heavy (non-hydrogen) atoms. The summed E-state index contributed by atoms with van der Waals surface area (Å²) in [6.07, 6.45) is 3.21. The number of thioether (sulfide) groups is 1. The molecule has 0 saturated carbocycles. The summed E-state index contributed by atoms with van der Waals surface area (Å²) in [5.41, 5.74) is 2.29. The average molecular weight is 325 g/mol. The first-order valence-electron chi connectivity index (χ1n) is 7.11. The van der Waals surface area contributed by atoms with Gasteiger partial charge >= 0.3 is 0 Å². The van der Waals surface area contributed by atoms with Crippen LogP contribution in [0.3, 0.4) is 0 Å². The topological polar surface area (TPSA) is 62.3 Å². The quantitative estimate of drug-likeness (QED) is 0.938. The molecule has 1 aliphatic rings. The van der Waals surface area contributed by atoms with Crippen LogP contribution in [0.15, 0.2) is 60.3 Å². The number of amides is 2. The number of carbonyl (C=O) groups excluding carboxylic acids is 2. The summed E-state index contributed by atoms with van der Waals surface area (Å²) in [5.74, 6) is 0.0222. The molecule has 2 aromatic rings. The van der Waals surface area contributed by atoms with E-state index in [1.807, 2.05) is 35.7 Å². The molecule has 1 N–H and O–H groups in total. The van der Waals surface area contributed by atoms with E-state index in [1.165, 1.54) is 16.7 Å². The van der Waals surface area contributed by atoms with Crippen molar-refractivity contribution in [3.63, 3.8) is 0 Å². The van der Waals surface area contributed by atoms with Gasteiger partial charge in [-0.15, -0.1) is 11.8 Å². The summed E-state index contributed by atoms with van der Waals surface area (Å²) in [4.78, 5) is 30.0. The highest BCUT2D eigenvalue weighted by Gasteiger charge is 2.25. The number of carbonyl (C=O) groups is 2. The van der Waals surface area contributed by atoms with Gasteiger partial charge in [0, 0.05) is 6.20 Å². The van der Waals surface area contributed by atoms with Gasteiger partial charge in [0.2, 0.25) is 11.8 Å². The number of nitrogens with zero attached hydrogens (tertiary/aromatic N) is 2. The zero-order chi connectivity index (χ0) is 16.1. The van der Waals surface area contributed by atoms with Crippen LogP contribution < -0.4 is 5.32 Å². The van der Waals surface area contributed by atoms with Crippen molar-refractivity contribution in [3.8, 4) is 0 Å². The Morgan fingerprint density at radius 3 is 2.78 bits per heavy atom. The Kier molecular flexibility index (Phi) is 4.73. The molecule has 0 fully saturated rings. The summed E-state index contributed by atoms with van der Waals surface area (Å²) in [5, 5.41) is 4.68. The summed E-state index contributed by atoms with van der Waals surface area (Å²) in [6.45, 7) is -0.0188. The van der Waals surface area contributed by atoms with E-state index in [-0.39, 0.29) is 18.4 Å². The average Bonchev–Trinajstić information content (AvgIpc) is 2.58. The van der Waals surface area contributed by atoms with Crippen molar-refractivity contribution >= 4 is 35.0 Å². The third-order valence-corrected chi connectivity index (χ3v) is 4.11. The second kappa shape index (κ2) is 7.11. The molecular weight excluding hydrogens is 310 g/mol. The molecule has 0 radical (unpaired) electrons. The van der Waals surface area contributed by atoms with Gasteiger partial charge in [-0.2, -0.15) is 0 Å². The van der Waals surface area contributed by atoms with Crippen LogP contribution in [-0.4, -0.2) is 34.0 Å². The largest absolute Gasteiger partial charge is 0.323 e. The van der Waals surface area contributed by atoms with Crippen molar-refractivity contribution in [3.05, 3.63) is 65.8 Å². The van der Waals surface area contributed by atoms with Gasteiger partial charge < -0.3 is 10.2 Å². The first-order valence-corrected chi connectivity index (χ1v) is 8.16. The summed E-state index contributed by atoms with van der Waals surface area (Å²) in [6, 6.07) is 13.1. The molecule has 1 aliphatic heterocycles. The van der Waals surface area contributed by atoms with Gasteiger partial charge in [-0.3, -0.25) is 14.6 Å². The minimum atomic E-state index is -0.250. The Labute approximate surface area is 138 Å². The van der Waals surface area contributed by atoms with Crippen LogP contribution in [-0.2, 0) is 9.59 Å². The van der Waals surface area contributed by atoms with Gasteiger partial charge in [-0.1, -0.05) is 30.3 Å². The summed E-state index contributed by atoms with van der Waals surface area (Å²) < 4.78 is 0. The van der Waals surface area contributed by atoms with Gasteiger partial charge in [0.25, 0.3) is 0 Å². The highest BCUT2D eigenvalue weighted by atomic mass is 32.2. The fourth-order valence-electron chi connectivity index (χ4n) is 2.25. The van der Waals surface area contributed by atoms with Crippen LogP contribution >= 0.6 is 11.8 Å². The van der Waals surface area contributed by atoms with Crippen molar-refractivity contribution in [1.29, 1.82) is 0 Å². The van der Waals surface area contributed by atoms with E-state index < -0.39 is 0 Å². The van der Waals surface area contributed by atoms with E-state index in [9.17, 15) is 9.59 Å². The Morgan fingerprint density at radius 1 is 1.22 bits per heavy atom. The minimum absolute atomic E-state index is 0.0188. The summed E-state index contributed by atoms with van der Waals surface area (Å²) >= 11 is 1.45. The van der Waals surface area contributed by atoms with E-state index >= 15 is 0 Å². The maximum Gasteiger partial charge on any atom is 0.244 e. The number of hydrogen-bond donors (Lipinski definition) is 1. The Hall–Kier alpha value is -2.60. The molecule has 116 valence electrons. The highest BCUT2D eigenvalue weighted by Crippen LogP contribution is 2.27. The van der Waals surface area contributed by atoms with Crippen LogP contribution in [0.5, 0.6) is 0 Å². The lowest BCUT2D eigenvalue weighted by atomic mass is 10.1. The molecule has 0 aliphatic carbocycles. The number of pyridine rings is 1. The lowest BCUT2D eigenvalue weighted by molar-refractivity contribution is -0.129. The lowest BCUT2D eigenvalue weighted by Crippen LogP contribution is -2.39. The Balaban J connectivity index is 1.76. The van der Waals surface area contributed by atoms with Gasteiger partial charge in [-0.05, 0) is 23.1 Å². The van der Waals surface area contributed by atoms with E-state index in [0.717, 1.165) is 11.3 Å². The van der Waals surface area contributed by atoms with Crippen LogP contribution in [0, 0.1) is 0 Å². The first kappa shape index (κ1) is 15.3. The molecule has 0 spiro atoms. The van der Waals surface area contributed by atoms with E-state index in [2.05, 4.69) is 10.3 Å². The molecule has 0 atom stereocenters. The fourth-order valence-corrected chi connectivity index (χ4v) is 3.06. The number of aromatic nitrogens is 1. The second-order valence-electron chi connectivity index (χ2n) is 4.95. The lowest BCUT2D eigenvalue weighted by Gasteiger charge is -2.28. The molecule has 1 aromatic carbocycles. The smallest absolute Gasteiger partial charge is 0.244 e. The number of hydrogen-bond acceptors (Lipinski definition) is 4. The number of anilines is 1. The summed E-state index contributed by atoms with van der Waals surface area (Å²) in [7, 11) is 0. The zero-order valence-electron chi connectivity index (χ0n) is 12.3. The van der Waals surface area contributed by atoms with Crippen LogP contribution in [0.1, 0.15) is 5.56 Å². The monoisotopic (exact) mass is 325 g/mol. The molecule has 3 rings (SSSR count). The van der Waals surface area contributed by atoms with Crippen molar-refractivity contribution in [2.75, 3.05) is 17.6 Å². The van der Waals surface area contributed by atoms with E-state index in [4.69, 9.17) is 0 Å². The highest BCUT2D eigenvalue weighted by molar-refractivity contribution is 8.03. The standard InChI is InChI=1S/C17H15N3O2S/c21-16(19-14-7-4-8-18-9-14)10-20-15(11-23-12-17(20)22)13-5-2-1-3-6-13/h1-9,11H,10,12H2,(H,19,21). The molecule has 5 nitrogen and oxygen atoms in total. The van der Waals surface area contributed by atoms with Crippen LogP contribution in [0.25, 0.3) is 5.70 Å². The van der Waals surface area contributed by atoms with Crippen molar-refractivity contribution in [2.45, 2.75) is 0 Å². The molecule has 6 heteroatoms. The van der Waals surface area contributed by atoms with Gasteiger partial charge in [0.05, 0.1) is 23.3 Å². The van der Waals surface area contributed by atoms with Crippen LogP contribution in [0.4, 0.5) is 5.69 Å². The fraction of sp³-hybridized carbons (Fsp3) is 0.118. The van der Waals surface area contributed by atoms with Crippen molar-refractivity contribution in [1.82, 2.24) is 9.88 Å². The second-order valence-corrected chi connectivity index (χ2v) is 5.81. The predicted octanol–water partition coefficient (Wildman–Crippen LogP) is 2.59. The third kappa shape index (κ3) is 3.78. The Bertz CT molecular complexity index is 732. The van der Waals surface area contributed by atoms with Gasteiger partial charge in [0.15, 0.2) is 0 Å². The first-order chi connectivity index (χ1) is 11.2. The molecular formula is C17H15N3O2S. The maximum absolute atomic E-state index is 12.2. The normalized spacial score (nSPS) is 14.3. The third-order valence-electron chi connectivity index (χ3n) is 3.31.